The molecule has 19 heavy (non-hydrogen) atoms. The molecule has 0 aliphatic rings. The number of nitriles is 2. The molecule has 2 rings (SSSR count). The fraction of sp³-hybridized carbons (Fsp3) is 0.154. The normalized spacial score (nSPS) is 9.63. The van der Waals surface area contributed by atoms with Gasteiger partial charge in [0.05, 0.1) is 6.61 Å². The number of aromatic nitrogens is 1. The molecular weight excluding hydrogens is 260 g/mol. The van der Waals surface area contributed by atoms with Crippen LogP contribution in [0, 0.1) is 22.7 Å². The van der Waals surface area contributed by atoms with Crippen LogP contribution < -0.4 is 10.5 Å². The van der Waals surface area contributed by atoms with Gasteiger partial charge in [0, 0.05) is 10.4 Å². The van der Waals surface area contributed by atoms with E-state index in [0.29, 0.717) is 12.2 Å². The van der Waals surface area contributed by atoms with Gasteiger partial charge in [-0.15, -0.1) is 11.3 Å². The highest BCUT2D eigenvalue weighted by Crippen LogP contribution is 2.37. The molecule has 0 radical (unpaired) electrons. The molecule has 0 aliphatic heterocycles. The van der Waals surface area contributed by atoms with Crippen LogP contribution in [0.4, 0.5) is 5.82 Å². The van der Waals surface area contributed by atoms with Crippen LogP contribution >= 0.6 is 11.3 Å². The van der Waals surface area contributed by atoms with E-state index in [1.165, 1.54) is 11.3 Å². The molecule has 2 heterocycles. The van der Waals surface area contributed by atoms with E-state index in [-0.39, 0.29) is 22.8 Å². The Labute approximate surface area is 114 Å². The number of anilines is 1. The highest BCUT2D eigenvalue weighted by Gasteiger charge is 2.21. The third-order valence-corrected chi connectivity index (χ3v) is 3.35. The third-order valence-electron chi connectivity index (χ3n) is 2.46. The van der Waals surface area contributed by atoms with Crippen molar-refractivity contribution in [3.8, 4) is 28.5 Å². The Morgan fingerprint density at radius 2 is 2.11 bits per heavy atom. The minimum Gasteiger partial charge on any atom is -0.477 e. The first-order chi connectivity index (χ1) is 9.22. The molecule has 2 N–H and O–H groups in total. The lowest BCUT2D eigenvalue weighted by molar-refractivity contribution is 0.326. The van der Waals surface area contributed by atoms with Crippen LogP contribution in [0.3, 0.4) is 0 Å². The fourth-order valence-electron chi connectivity index (χ4n) is 1.71. The van der Waals surface area contributed by atoms with Gasteiger partial charge in [0.2, 0.25) is 5.88 Å². The van der Waals surface area contributed by atoms with Crippen molar-refractivity contribution in [1.29, 1.82) is 10.5 Å². The number of thiophene rings is 1. The molecule has 0 bridgehead atoms. The first-order valence-corrected chi connectivity index (χ1v) is 6.41. The van der Waals surface area contributed by atoms with Crippen LogP contribution in [0.25, 0.3) is 10.4 Å². The Kier molecular flexibility index (Phi) is 3.65. The van der Waals surface area contributed by atoms with Gasteiger partial charge in [-0.05, 0) is 18.4 Å². The average molecular weight is 270 g/mol. The quantitative estimate of drug-likeness (QED) is 0.924. The maximum absolute atomic E-state index is 9.32. The summed E-state index contributed by atoms with van der Waals surface area (Å²) in [6.45, 7) is 2.17. The van der Waals surface area contributed by atoms with E-state index in [4.69, 9.17) is 10.5 Å². The topological polar surface area (TPSA) is 95.7 Å². The molecule has 2 aromatic rings. The third kappa shape index (κ3) is 2.22. The van der Waals surface area contributed by atoms with E-state index < -0.39 is 0 Å². The van der Waals surface area contributed by atoms with Crippen LogP contribution in [-0.2, 0) is 0 Å². The van der Waals surface area contributed by atoms with E-state index in [1.807, 2.05) is 23.6 Å². The van der Waals surface area contributed by atoms with E-state index in [0.717, 1.165) is 4.88 Å². The maximum atomic E-state index is 9.32. The zero-order valence-electron chi connectivity index (χ0n) is 10.2. The number of hydrogen-bond acceptors (Lipinski definition) is 6. The van der Waals surface area contributed by atoms with E-state index >= 15 is 0 Å². The summed E-state index contributed by atoms with van der Waals surface area (Å²) in [4.78, 5) is 4.78. The van der Waals surface area contributed by atoms with Crippen LogP contribution in [-0.4, -0.2) is 11.6 Å². The van der Waals surface area contributed by atoms with Crippen LogP contribution in [0.5, 0.6) is 5.88 Å². The largest absolute Gasteiger partial charge is 0.477 e. The highest BCUT2D eigenvalue weighted by molar-refractivity contribution is 7.13. The van der Waals surface area contributed by atoms with Crippen molar-refractivity contribution in [2.24, 2.45) is 0 Å². The molecule has 0 aliphatic carbocycles. The van der Waals surface area contributed by atoms with Gasteiger partial charge in [-0.3, -0.25) is 0 Å². The molecule has 0 atom stereocenters. The van der Waals surface area contributed by atoms with Gasteiger partial charge >= 0.3 is 0 Å². The van der Waals surface area contributed by atoms with Crippen molar-refractivity contribution in [3.63, 3.8) is 0 Å². The molecule has 0 unspecified atom stereocenters. The summed E-state index contributed by atoms with van der Waals surface area (Å²) in [5.74, 6) is 0.248. The van der Waals surface area contributed by atoms with Crippen molar-refractivity contribution in [1.82, 2.24) is 4.98 Å². The van der Waals surface area contributed by atoms with Crippen molar-refractivity contribution in [2.75, 3.05) is 12.3 Å². The molecule has 0 fully saturated rings. The van der Waals surface area contributed by atoms with Gasteiger partial charge in [-0.25, -0.2) is 0 Å². The van der Waals surface area contributed by atoms with Gasteiger partial charge in [0.25, 0.3) is 0 Å². The van der Waals surface area contributed by atoms with Crippen LogP contribution in [0.15, 0.2) is 17.5 Å². The molecule has 0 aromatic carbocycles. The lowest BCUT2D eigenvalue weighted by Gasteiger charge is -2.11. The Morgan fingerprint density at radius 1 is 1.37 bits per heavy atom. The summed E-state index contributed by atoms with van der Waals surface area (Å²) in [7, 11) is 0. The zero-order chi connectivity index (χ0) is 13.8. The van der Waals surface area contributed by atoms with Crippen molar-refractivity contribution < 1.29 is 4.74 Å². The Balaban J connectivity index is 2.81. The van der Waals surface area contributed by atoms with Crippen molar-refractivity contribution in [2.45, 2.75) is 6.92 Å². The maximum Gasteiger partial charge on any atom is 0.234 e. The lowest BCUT2D eigenvalue weighted by Crippen LogP contribution is -2.05. The molecule has 2 aromatic heterocycles. The molecule has 0 saturated carbocycles. The predicted octanol–water partition coefficient (Wildman–Crippen LogP) is 2.53. The number of ether oxygens (including phenoxy) is 1. The van der Waals surface area contributed by atoms with Crippen LogP contribution in [0.1, 0.15) is 18.1 Å². The minimum atomic E-state index is 0.0772. The standard InChI is InChI=1S/C13H10N4OS/c1-2-18-13-9(7-15)11(10-4-3-5-19-10)8(6-14)12(16)17-13/h3-5H,2H2,1H3,(H2,16,17). The molecule has 6 heteroatoms. The molecule has 5 nitrogen and oxygen atoms in total. The second-order valence-electron chi connectivity index (χ2n) is 3.56. The second kappa shape index (κ2) is 5.38. The first kappa shape index (κ1) is 12.9. The summed E-state index contributed by atoms with van der Waals surface area (Å²) in [5.41, 5.74) is 6.73. The lowest BCUT2D eigenvalue weighted by atomic mass is 10.0. The monoisotopic (exact) mass is 270 g/mol. The smallest absolute Gasteiger partial charge is 0.234 e. The number of nitrogen functional groups attached to an aromatic ring is 1. The number of rotatable bonds is 3. The van der Waals surface area contributed by atoms with E-state index in [1.54, 1.807) is 6.92 Å². The number of nitrogens with two attached hydrogens (primary N) is 1. The summed E-state index contributed by atoms with van der Waals surface area (Å²) in [5, 5.41) is 20.4. The summed E-state index contributed by atoms with van der Waals surface area (Å²) < 4.78 is 5.33. The van der Waals surface area contributed by atoms with E-state index in [2.05, 4.69) is 11.1 Å². The molecule has 0 saturated heterocycles. The van der Waals surface area contributed by atoms with Crippen LogP contribution in [0.2, 0.25) is 0 Å². The zero-order valence-corrected chi connectivity index (χ0v) is 11.0. The molecule has 94 valence electrons. The molecule has 0 spiro atoms. The minimum absolute atomic E-state index is 0.0772. The summed E-state index contributed by atoms with van der Waals surface area (Å²) in [6, 6.07) is 7.74. The summed E-state index contributed by atoms with van der Waals surface area (Å²) in [6.07, 6.45) is 0. The predicted molar refractivity (Wildman–Crippen MR) is 72.6 cm³/mol. The molecule has 0 amide bonds. The fourth-order valence-corrected chi connectivity index (χ4v) is 2.49. The highest BCUT2D eigenvalue weighted by atomic mass is 32.1. The Hall–Kier alpha value is -2.57. The van der Waals surface area contributed by atoms with Gasteiger partial charge in [-0.2, -0.15) is 15.5 Å². The van der Waals surface area contributed by atoms with Crippen molar-refractivity contribution >= 4 is 17.2 Å². The summed E-state index contributed by atoms with van der Waals surface area (Å²) >= 11 is 1.43. The Bertz CT molecular complexity index is 680. The Morgan fingerprint density at radius 3 is 2.63 bits per heavy atom. The van der Waals surface area contributed by atoms with Gasteiger partial charge in [0.15, 0.2) is 0 Å². The average Bonchev–Trinajstić information content (AvgIpc) is 2.92. The first-order valence-electron chi connectivity index (χ1n) is 5.53. The van der Waals surface area contributed by atoms with Crippen molar-refractivity contribution in [3.05, 3.63) is 28.6 Å². The number of hydrogen-bond donors (Lipinski definition) is 1. The van der Waals surface area contributed by atoms with Gasteiger partial charge < -0.3 is 10.5 Å². The van der Waals surface area contributed by atoms with E-state index in [9.17, 15) is 10.5 Å². The van der Waals surface area contributed by atoms with Gasteiger partial charge in [-0.1, -0.05) is 6.07 Å². The number of pyridine rings is 1. The SMILES string of the molecule is CCOc1nc(N)c(C#N)c(-c2cccs2)c1C#N. The number of nitrogens with zero attached hydrogens (tertiary/aromatic N) is 3. The second-order valence-corrected chi connectivity index (χ2v) is 4.51. The molecular formula is C13H10N4OS. The van der Waals surface area contributed by atoms with Gasteiger partial charge in [0.1, 0.15) is 29.1 Å².